The van der Waals surface area contributed by atoms with Crippen LogP contribution in [0, 0.1) is 5.41 Å². The van der Waals surface area contributed by atoms with Crippen LogP contribution in [-0.4, -0.2) is 11.0 Å². The number of hydrogen-bond acceptors (Lipinski definition) is 1. The molecule has 0 rings (SSSR count). The first-order valence-corrected chi connectivity index (χ1v) is 3.20. The molecule has 0 amide bonds. The molecule has 0 radical (unpaired) electrons. The van der Waals surface area contributed by atoms with Crippen molar-refractivity contribution in [3.8, 4) is 0 Å². The van der Waals surface area contributed by atoms with Crippen LogP contribution in [0.3, 0.4) is 0 Å². The quantitative estimate of drug-likeness (QED) is 0.422. The van der Waals surface area contributed by atoms with E-state index in [1.54, 1.807) is 0 Å². The third-order valence-corrected chi connectivity index (χ3v) is 1.29. The van der Waals surface area contributed by atoms with Gasteiger partial charge in [-0.05, 0) is 27.5 Å². The van der Waals surface area contributed by atoms with E-state index in [0.717, 1.165) is 0 Å². The topological polar surface area (TPSA) is 75.5 Å². The number of rotatable bonds is 2. The summed E-state index contributed by atoms with van der Waals surface area (Å²) in [4.78, 5) is 0. The van der Waals surface area contributed by atoms with Crippen molar-refractivity contribution in [2.45, 2.75) is 0 Å². The summed E-state index contributed by atoms with van der Waals surface area (Å²) in [5.41, 5.74) is 5.02. The third-order valence-electron chi connectivity index (χ3n) is 0.522. The normalized spacial score (nSPS) is 11.1. The molecular formula is C4H6BrClN3+. The molecule has 0 aromatic carbocycles. The Bertz CT molecular complexity index is 175. The second kappa shape index (κ2) is 3.63. The second-order valence-electron chi connectivity index (χ2n) is 1.29. The van der Waals surface area contributed by atoms with Gasteiger partial charge in [-0.25, -0.2) is 5.41 Å². The fourth-order valence-electron chi connectivity index (χ4n) is 0.199. The van der Waals surface area contributed by atoms with Crippen molar-refractivity contribution in [2.24, 2.45) is 5.73 Å². The van der Waals surface area contributed by atoms with Crippen LogP contribution in [0.4, 0.5) is 0 Å². The van der Waals surface area contributed by atoms with Crippen LogP contribution >= 0.6 is 27.5 Å². The molecule has 5 N–H and O–H groups in total. The van der Waals surface area contributed by atoms with Crippen molar-refractivity contribution >= 4 is 38.5 Å². The maximum atomic E-state index is 6.83. The van der Waals surface area contributed by atoms with Crippen molar-refractivity contribution < 1.29 is 5.41 Å². The number of hydrogen-bond donors (Lipinski definition) is 3. The van der Waals surface area contributed by atoms with Crippen molar-refractivity contribution in [3.05, 3.63) is 10.6 Å². The zero-order chi connectivity index (χ0) is 7.44. The monoisotopic (exact) mass is 210 g/mol. The lowest BCUT2D eigenvalue weighted by Crippen LogP contribution is -2.34. The van der Waals surface area contributed by atoms with Gasteiger partial charge in [-0.3, -0.25) is 5.41 Å². The number of amidine groups is 1. The maximum Gasteiger partial charge on any atom is 0.267 e. The molecule has 0 saturated carbocycles. The Morgan fingerprint density at radius 2 is 2.22 bits per heavy atom. The third kappa shape index (κ3) is 4.17. The van der Waals surface area contributed by atoms with Crippen LogP contribution in [0.25, 0.3) is 0 Å². The largest absolute Gasteiger partial charge is 0.383 e. The van der Waals surface area contributed by atoms with E-state index in [4.69, 9.17) is 28.2 Å². The van der Waals surface area contributed by atoms with E-state index in [1.807, 2.05) is 0 Å². The fraction of sp³-hybridized carbons (Fsp3) is 0. The molecule has 0 saturated heterocycles. The summed E-state index contributed by atoms with van der Waals surface area (Å²) in [5, 5.41) is 12.0. The molecular weight excluding hydrogens is 205 g/mol. The van der Waals surface area contributed by atoms with Gasteiger partial charge >= 0.3 is 0 Å². The number of halogens is 2. The van der Waals surface area contributed by atoms with Crippen molar-refractivity contribution in [2.75, 3.05) is 0 Å². The minimum Gasteiger partial charge on any atom is -0.383 e. The molecule has 3 nitrogen and oxygen atoms in total. The zero-order valence-electron chi connectivity index (χ0n) is 4.49. The van der Waals surface area contributed by atoms with Gasteiger partial charge in [-0.15, -0.1) is 0 Å². The van der Waals surface area contributed by atoms with Gasteiger partial charge < -0.3 is 5.73 Å². The summed E-state index contributed by atoms with van der Waals surface area (Å²) in [6.45, 7) is 0. The highest BCUT2D eigenvalue weighted by Crippen LogP contribution is 2.02. The highest BCUT2D eigenvalue weighted by Gasteiger charge is 1.97. The standard InChI is InChI=1S/C4H5BrClN3/c5-2(4(8)9)1-3(6)7/h1,7H,(H3,8,9)/p+1/b2-1+,7-3?. The fourth-order valence-corrected chi connectivity index (χ4v) is 0.686. The highest BCUT2D eigenvalue weighted by molar-refractivity contribution is 9.12. The van der Waals surface area contributed by atoms with E-state index in [9.17, 15) is 0 Å². The lowest BCUT2D eigenvalue weighted by Gasteiger charge is -1.88. The molecule has 0 heterocycles. The van der Waals surface area contributed by atoms with Gasteiger partial charge in [0.05, 0.1) is 4.48 Å². The van der Waals surface area contributed by atoms with Crippen molar-refractivity contribution in [1.82, 2.24) is 0 Å². The van der Waals surface area contributed by atoms with Crippen LogP contribution in [-0.2, 0) is 0 Å². The average Bonchev–Trinajstić information content (AvgIpc) is 1.63. The number of nitrogens with two attached hydrogens (primary N) is 2. The molecule has 50 valence electrons. The predicted octanol–water partition coefficient (Wildman–Crippen LogP) is -0.402. The molecule has 0 aliphatic heterocycles. The van der Waals surface area contributed by atoms with Gasteiger partial charge in [-0.2, -0.15) is 0 Å². The minimum atomic E-state index is -0.0985. The van der Waals surface area contributed by atoms with E-state index >= 15 is 0 Å². The van der Waals surface area contributed by atoms with Crippen molar-refractivity contribution in [3.63, 3.8) is 0 Å². The maximum absolute atomic E-state index is 6.83. The molecule has 0 bridgehead atoms. The van der Waals surface area contributed by atoms with Crippen LogP contribution in [0.2, 0.25) is 0 Å². The summed E-state index contributed by atoms with van der Waals surface area (Å²) in [7, 11) is 0. The smallest absolute Gasteiger partial charge is 0.267 e. The summed E-state index contributed by atoms with van der Waals surface area (Å²) in [6, 6.07) is 0. The Kier molecular flexibility index (Phi) is 3.49. The van der Waals surface area contributed by atoms with E-state index in [-0.39, 0.29) is 11.0 Å². The Morgan fingerprint density at radius 3 is 2.33 bits per heavy atom. The van der Waals surface area contributed by atoms with Gasteiger partial charge in [0.2, 0.25) is 0 Å². The Balaban J connectivity index is 4.17. The van der Waals surface area contributed by atoms with Crippen LogP contribution in [0.1, 0.15) is 0 Å². The highest BCUT2D eigenvalue weighted by atomic mass is 79.9. The Morgan fingerprint density at radius 1 is 1.78 bits per heavy atom. The van der Waals surface area contributed by atoms with E-state index in [2.05, 4.69) is 15.9 Å². The predicted molar refractivity (Wildman–Crippen MR) is 41.7 cm³/mol. The van der Waals surface area contributed by atoms with Gasteiger partial charge in [-0.1, -0.05) is 0 Å². The summed E-state index contributed by atoms with van der Waals surface area (Å²) < 4.78 is 0.384. The van der Waals surface area contributed by atoms with Crippen LogP contribution in [0.15, 0.2) is 10.6 Å². The van der Waals surface area contributed by atoms with E-state index in [0.29, 0.717) is 4.48 Å². The first kappa shape index (κ1) is 8.65. The van der Waals surface area contributed by atoms with Gasteiger partial charge in [0.25, 0.3) is 5.17 Å². The lowest BCUT2D eigenvalue weighted by molar-refractivity contribution is -0.107. The van der Waals surface area contributed by atoms with Crippen LogP contribution in [0.5, 0.6) is 0 Å². The SMILES string of the molecule is N=C(N)/C(Br)=C\C(=[NH2+])Cl. The molecule has 0 aliphatic carbocycles. The molecule has 9 heavy (non-hydrogen) atoms. The Hall–Kier alpha value is -0.350. The molecule has 0 unspecified atom stereocenters. The molecule has 5 heteroatoms. The second-order valence-corrected chi connectivity index (χ2v) is 2.58. The number of nitrogens with one attached hydrogen (secondary N) is 1. The Labute approximate surface area is 66.0 Å². The molecule has 0 aromatic heterocycles. The van der Waals surface area contributed by atoms with Crippen molar-refractivity contribution in [1.29, 1.82) is 5.41 Å². The van der Waals surface area contributed by atoms with Gasteiger partial charge in [0.1, 0.15) is 5.84 Å². The van der Waals surface area contributed by atoms with Gasteiger partial charge in [0.15, 0.2) is 0 Å². The summed E-state index contributed by atoms with van der Waals surface area (Å²) >= 11 is 8.22. The first-order valence-electron chi connectivity index (χ1n) is 2.03. The summed E-state index contributed by atoms with van der Waals surface area (Å²) in [6.07, 6.45) is 1.35. The number of allylic oxidation sites excluding steroid dienone is 1. The van der Waals surface area contributed by atoms with E-state index < -0.39 is 0 Å². The molecule has 0 spiro atoms. The van der Waals surface area contributed by atoms with E-state index in [1.165, 1.54) is 6.08 Å². The molecule has 0 fully saturated rings. The molecule has 0 aliphatic rings. The van der Waals surface area contributed by atoms with Gasteiger partial charge in [0, 0.05) is 6.08 Å². The van der Waals surface area contributed by atoms with Crippen LogP contribution < -0.4 is 11.1 Å². The zero-order valence-corrected chi connectivity index (χ0v) is 6.83. The minimum absolute atomic E-state index is 0.0945. The summed E-state index contributed by atoms with van der Waals surface area (Å²) in [5.74, 6) is -0.0985. The molecule has 0 aromatic rings. The molecule has 0 atom stereocenters. The average molecular weight is 211 g/mol. The lowest BCUT2D eigenvalue weighted by atomic mass is 10.5. The first-order chi connectivity index (χ1) is 4.04.